The monoisotopic (exact) mass is 362 g/mol. The second kappa shape index (κ2) is 7.02. The number of nitrogens with zero attached hydrogens (tertiary/aromatic N) is 2. The van der Waals surface area contributed by atoms with E-state index in [0.29, 0.717) is 23.4 Å². The summed E-state index contributed by atoms with van der Waals surface area (Å²) >= 11 is 0. The van der Waals surface area contributed by atoms with Crippen LogP contribution < -0.4 is 4.74 Å². The molecule has 0 radical (unpaired) electrons. The van der Waals surface area contributed by atoms with Gasteiger partial charge in [-0.15, -0.1) is 0 Å². The maximum Gasteiger partial charge on any atom is 0.416 e. The molecular weight excluding hydrogens is 341 g/mol. The van der Waals surface area contributed by atoms with E-state index in [0.717, 1.165) is 35.4 Å². The Kier molecular flexibility index (Phi) is 4.94. The van der Waals surface area contributed by atoms with Crippen LogP contribution in [-0.4, -0.2) is 9.55 Å². The van der Waals surface area contributed by atoms with E-state index in [9.17, 15) is 13.2 Å². The third-order valence-corrected chi connectivity index (χ3v) is 4.29. The van der Waals surface area contributed by atoms with E-state index in [1.165, 1.54) is 6.07 Å². The molecule has 2 aromatic carbocycles. The van der Waals surface area contributed by atoms with Crippen molar-refractivity contribution in [3.8, 4) is 5.75 Å². The van der Waals surface area contributed by atoms with E-state index in [-0.39, 0.29) is 6.61 Å². The molecule has 0 spiro atoms. The molecule has 1 aromatic heterocycles. The van der Waals surface area contributed by atoms with Gasteiger partial charge in [-0.3, -0.25) is 0 Å². The number of ether oxygens (including phenoxy) is 1. The van der Waals surface area contributed by atoms with E-state index in [2.05, 4.69) is 4.98 Å². The van der Waals surface area contributed by atoms with Gasteiger partial charge in [-0.25, -0.2) is 4.98 Å². The van der Waals surface area contributed by atoms with Gasteiger partial charge in [-0.05, 0) is 50.1 Å². The lowest BCUT2D eigenvalue weighted by molar-refractivity contribution is -0.137. The molecule has 0 atom stereocenters. The predicted octanol–water partition coefficient (Wildman–Crippen LogP) is 5.66. The van der Waals surface area contributed by atoms with Crippen LogP contribution in [0, 0.1) is 13.8 Å². The summed E-state index contributed by atoms with van der Waals surface area (Å²) in [6.45, 7) is 6.88. The van der Waals surface area contributed by atoms with Gasteiger partial charge in [-0.2, -0.15) is 13.2 Å². The maximum absolute atomic E-state index is 13.0. The second-order valence-corrected chi connectivity index (χ2v) is 6.44. The van der Waals surface area contributed by atoms with Crippen molar-refractivity contribution in [3.63, 3.8) is 0 Å². The van der Waals surface area contributed by atoms with Crippen molar-refractivity contribution in [1.29, 1.82) is 0 Å². The van der Waals surface area contributed by atoms with Crippen LogP contribution in [0.4, 0.5) is 13.2 Å². The first-order valence-corrected chi connectivity index (χ1v) is 8.56. The first kappa shape index (κ1) is 18.3. The Bertz CT molecular complexity index is 929. The Balaban J connectivity index is 1.94. The lowest BCUT2D eigenvalue weighted by atomic mass is 10.1. The van der Waals surface area contributed by atoms with Crippen LogP contribution in [0.25, 0.3) is 11.0 Å². The van der Waals surface area contributed by atoms with E-state index in [1.807, 2.05) is 43.5 Å². The normalized spacial score (nSPS) is 11.9. The Morgan fingerprint density at radius 1 is 1.08 bits per heavy atom. The van der Waals surface area contributed by atoms with Crippen molar-refractivity contribution in [1.82, 2.24) is 9.55 Å². The van der Waals surface area contributed by atoms with Crippen LogP contribution in [0.2, 0.25) is 0 Å². The van der Waals surface area contributed by atoms with E-state index >= 15 is 0 Å². The zero-order valence-corrected chi connectivity index (χ0v) is 15.0. The highest BCUT2D eigenvalue weighted by molar-refractivity contribution is 5.77. The fourth-order valence-electron chi connectivity index (χ4n) is 3.04. The Hall–Kier alpha value is -2.50. The van der Waals surface area contributed by atoms with Gasteiger partial charge in [-0.1, -0.05) is 24.6 Å². The van der Waals surface area contributed by atoms with Gasteiger partial charge in [0.25, 0.3) is 0 Å². The first-order valence-electron chi connectivity index (χ1n) is 8.56. The molecule has 0 aliphatic rings. The molecule has 0 fully saturated rings. The largest absolute Gasteiger partial charge is 0.485 e. The van der Waals surface area contributed by atoms with Gasteiger partial charge in [0.15, 0.2) is 0 Å². The topological polar surface area (TPSA) is 27.1 Å². The Morgan fingerprint density at radius 2 is 1.85 bits per heavy atom. The standard InChI is InChI=1S/C20H21F3N2O/c1-4-9-25-17-7-6-15(20(21,22)23)11-16(17)24-19(25)12-26-18-8-5-13(2)10-14(18)3/h5-8,10-11H,4,9,12H2,1-3H3. The highest BCUT2D eigenvalue weighted by Crippen LogP contribution is 2.32. The molecule has 0 saturated heterocycles. The van der Waals surface area contributed by atoms with Crippen LogP contribution in [0.3, 0.4) is 0 Å². The molecule has 0 saturated carbocycles. The minimum Gasteiger partial charge on any atom is -0.485 e. The van der Waals surface area contributed by atoms with Gasteiger partial charge in [0.2, 0.25) is 0 Å². The molecule has 0 N–H and O–H groups in total. The number of hydrogen-bond donors (Lipinski definition) is 0. The Labute approximate surface area is 150 Å². The fourth-order valence-corrected chi connectivity index (χ4v) is 3.04. The van der Waals surface area contributed by atoms with E-state index < -0.39 is 11.7 Å². The third-order valence-electron chi connectivity index (χ3n) is 4.29. The smallest absolute Gasteiger partial charge is 0.416 e. The number of aryl methyl sites for hydroxylation is 3. The second-order valence-electron chi connectivity index (χ2n) is 6.44. The minimum absolute atomic E-state index is 0.208. The van der Waals surface area contributed by atoms with Gasteiger partial charge in [0, 0.05) is 6.54 Å². The molecule has 3 rings (SSSR count). The van der Waals surface area contributed by atoms with Crippen molar-refractivity contribution < 1.29 is 17.9 Å². The molecule has 1 heterocycles. The summed E-state index contributed by atoms with van der Waals surface area (Å²) in [7, 11) is 0. The number of hydrogen-bond acceptors (Lipinski definition) is 2. The number of alkyl halides is 3. The van der Waals surface area contributed by atoms with Crippen molar-refractivity contribution in [2.75, 3.05) is 0 Å². The molecular formula is C20H21F3N2O. The number of halogens is 3. The summed E-state index contributed by atoms with van der Waals surface area (Å²) in [4.78, 5) is 4.41. The number of benzene rings is 2. The summed E-state index contributed by atoms with van der Waals surface area (Å²) in [5.41, 5.74) is 2.51. The SMILES string of the molecule is CCCn1c(COc2ccc(C)cc2C)nc2cc(C(F)(F)F)ccc21. The first-order chi connectivity index (χ1) is 12.3. The fraction of sp³-hybridized carbons (Fsp3) is 0.350. The van der Waals surface area contributed by atoms with Gasteiger partial charge in [0.05, 0.1) is 16.6 Å². The number of rotatable bonds is 5. The molecule has 0 amide bonds. The van der Waals surface area contributed by atoms with E-state index in [4.69, 9.17) is 4.74 Å². The molecule has 0 bridgehead atoms. The average Bonchev–Trinajstić information content (AvgIpc) is 2.91. The van der Waals surface area contributed by atoms with Gasteiger partial charge >= 0.3 is 6.18 Å². The summed E-state index contributed by atoms with van der Waals surface area (Å²) in [6.07, 6.45) is -3.53. The molecule has 3 aromatic rings. The summed E-state index contributed by atoms with van der Waals surface area (Å²) < 4.78 is 46.7. The molecule has 0 aliphatic carbocycles. The summed E-state index contributed by atoms with van der Waals surface area (Å²) in [5.74, 6) is 1.38. The average molecular weight is 362 g/mol. The molecule has 0 unspecified atom stereocenters. The third kappa shape index (κ3) is 3.69. The number of aromatic nitrogens is 2. The van der Waals surface area contributed by atoms with Crippen LogP contribution >= 0.6 is 0 Å². The quantitative estimate of drug-likeness (QED) is 0.585. The van der Waals surface area contributed by atoms with Gasteiger partial charge in [0.1, 0.15) is 18.2 Å². The van der Waals surface area contributed by atoms with Crippen LogP contribution in [0.5, 0.6) is 5.75 Å². The highest BCUT2D eigenvalue weighted by atomic mass is 19.4. The number of fused-ring (bicyclic) bond motifs is 1. The molecule has 3 nitrogen and oxygen atoms in total. The lowest BCUT2D eigenvalue weighted by Crippen LogP contribution is -2.07. The Morgan fingerprint density at radius 3 is 2.50 bits per heavy atom. The van der Waals surface area contributed by atoms with Crippen molar-refractivity contribution in [2.45, 2.75) is 46.5 Å². The van der Waals surface area contributed by atoms with Crippen molar-refractivity contribution >= 4 is 11.0 Å². The highest BCUT2D eigenvalue weighted by Gasteiger charge is 2.31. The molecule has 138 valence electrons. The summed E-state index contributed by atoms with van der Waals surface area (Å²) in [6, 6.07) is 9.58. The minimum atomic E-state index is -4.38. The number of imidazole rings is 1. The van der Waals surface area contributed by atoms with Gasteiger partial charge < -0.3 is 9.30 Å². The molecule has 6 heteroatoms. The molecule has 26 heavy (non-hydrogen) atoms. The lowest BCUT2D eigenvalue weighted by Gasteiger charge is -2.11. The van der Waals surface area contributed by atoms with Crippen LogP contribution in [0.1, 0.15) is 35.9 Å². The van der Waals surface area contributed by atoms with Crippen molar-refractivity contribution in [3.05, 3.63) is 58.9 Å². The summed E-state index contributed by atoms with van der Waals surface area (Å²) in [5, 5.41) is 0. The predicted molar refractivity (Wildman–Crippen MR) is 95.3 cm³/mol. The van der Waals surface area contributed by atoms with Crippen LogP contribution in [0.15, 0.2) is 36.4 Å². The maximum atomic E-state index is 13.0. The zero-order valence-electron chi connectivity index (χ0n) is 15.0. The van der Waals surface area contributed by atoms with Crippen LogP contribution in [-0.2, 0) is 19.3 Å². The van der Waals surface area contributed by atoms with E-state index in [1.54, 1.807) is 0 Å². The molecule has 0 aliphatic heterocycles. The van der Waals surface area contributed by atoms with Crippen molar-refractivity contribution in [2.24, 2.45) is 0 Å². The zero-order chi connectivity index (χ0) is 18.9.